The first-order valence-corrected chi connectivity index (χ1v) is 7.63. The molecule has 0 atom stereocenters. The van der Waals surface area contributed by atoms with Gasteiger partial charge in [-0.05, 0) is 32.1 Å². The van der Waals surface area contributed by atoms with E-state index < -0.39 is 0 Å². The molecule has 1 aliphatic heterocycles. The van der Waals surface area contributed by atoms with E-state index >= 15 is 0 Å². The fourth-order valence-electron chi connectivity index (χ4n) is 3.55. The summed E-state index contributed by atoms with van der Waals surface area (Å²) in [5.41, 5.74) is -0.266. The maximum absolute atomic E-state index is 12.4. The predicted octanol–water partition coefficient (Wildman–Crippen LogP) is 2.65. The van der Waals surface area contributed by atoms with Crippen LogP contribution in [0.4, 0.5) is 0 Å². The van der Waals surface area contributed by atoms with Gasteiger partial charge in [-0.15, -0.1) is 0 Å². The SMILES string of the molecule is CCOC(=O)C1(CC2CC2)CCC2(CC1)OCCO2. The van der Waals surface area contributed by atoms with Crippen molar-refractivity contribution < 1.29 is 19.0 Å². The lowest BCUT2D eigenvalue weighted by molar-refractivity contribution is -0.200. The van der Waals surface area contributed by atoms with Crippen LogP contribution in [0.1, 0.15) is 51.9 Å². The molecule has 4 nitrogen and oxygen atoms in total. The maximum atomic E-state index is 12.4. The Kier molecular flexibility index (Phi) is 3.56. The molecule has 0 N–H and O–H groups in total. The van der Waals surface area contributed by atoms with Crippen molar-refractivity contribution in [1.82, 2.24) is 0 Å². The Morgan fingerprint density at radius 2 is 1.79 bits per heavy atom. The average Bonchev–Trinajstić information content (AvgIpc) is 3.11. The maximum Gasteiger partial charge on any atom is 0.312 e. The zero-order chi connectivity index (χ0) is 13.3. The third-order valence-electron chi connectivity index (χ3n) is 4.87. The van der Waals surface area contributed by atoms with Crippen LogP contribution in [0, 0.1) is 11.3 Å². The highest BCUT2D eigenvalue weighted by Crippen LogP contribution is 2.52. The Labute approximate surface area is 114 Å². The largest absolute Gasteiger partial charge is 0.466 e. The first-order chi connectivity index (χ1) is 9.18. The average molecular weight is 268 g/mol. The van der Waals surface area contributed by atoms with Gasteiger partial charge in [0.1, 0.15) is 0 Å². The molecule has 2 saturated carbocycles. The summed E-state index contributed by atoms with van der Waals surface area (Å²) in [5, 5.41) is 0. The van der Waals surface area contributed by atoms with Crippen molar-refractivity contribution >= 4 is 5.97 Å². The second-order valence-electron chi connectivity index (χ2n) is 6.26. The summed E-state index contributed by atoms with van der Waals surface area (Å²) >= 11 is 0. The molecule has 0 aromatic heterocycles. The van der Waals surface area contributed by atoms with Gasteiger partial charge >= 0.3 is 5.97 Å². The Morgan fingerprint density at radius 3 is 2.32 bits per heavy atom. The van der Waals surface area contributed by atoms with Crippen molar-refractivity contribution in [3.8, 4) is 0 Å². The van der Waals surface area contributed by atoms with Crippen molar-refractivity contribution in [2.75, 3.05) is 19.8 Å². The van der Waals surface area contributed by atoms with E-state index in [0.717, 1.165) is 38.0 Å². The minimum absolute atomic E-state index is 0.00902. The molecule has 1 spiro atoms. The van der Waals surface area contributed by atoms with Crippen LogP contribution in [0.5, 0.6) is 0 Å². The summed E-state index contributed by atoms with van der Waals surface area (Å²) in [6.07, 6.45) is 6.92. The number of esters is 1. The lowest BCUT2D eigenvalue weighted by atomic mass is 9.69. The summed E-state index contributed by atoms with van der Waals surface area (Å²) in [6, 6.07) is 0. The molecule has 3 aliphatic rings. The van der Waals surface area contributed by atoms with Gasteiger partial charge < -0.3 is 14.2 Å². The molecule has 19 heavy (non-hydrogen) atoms. The molecule has 4 heteroatoms. The van der Waals surface area contributed by atoms with Gasteiger partial charge in [0, 0.05) is 12.8 Å². The fourth-order valence-corrected chi connectivity index (χ4v) is 3.55. The number of carbonyl (C=O) groups excluding carboxylic acids is 1. The number of ether oxygens (including phenoxy) is 3. The Hall–Kier alpha value is -0.610. The molecule has 108 valence electrons. The third kappa shape index (κ3) is 2.65. The van der Waals surface area contributed by atoms with Gasteiger partial charge in [-0.25, -0.2) is 0 Å². The van der Waals surface area contributed by atoms with Crippen molar-refractivity contribution in [2.45, 2.75) is 57.7 Å². The first kappa shape index (κ1) is 13.4. The summed E-state index contributed by atoms with van der Waals surface area (Å²) < 4.78 is 16.9. The van der Waals surface area contributed by atoms with E-state index in [2.05, 4.69) is 0 Å². The lowest BCUT2D eigenvalue weighted by Crippen LogP contribution is -2.44. The Balaban J connectivity index is 1.68. The molecule has 0 unspecified atom stereocenters. The number of carbonyl (C=O) groups is 1. The van der Waals surface area contributed by atoms with Crippen molar-refractivity contribution in [3.05, 3.63) is 0 Å². The highest BCUT2D eigenvalue weighted by molar-refractivity contribution is 5.77. The fraction of sp³-hybridized carbons (Fsp3) is 0.933. The first-order valence-electron chi connectivity index (χ1n) is 7.63. The molecule has 3 fully saturated rings. The van der Waals surface area contributed by atoms with Crippen LogP contribution in [0.15, 0.2) is 0 Å². The molecule has 0 radical (unpaired) electrons. The Bertz CT molecular complexity index is 332. The molecule has 1 saturated heterocycles. The predicted molar refractivity (Wildman–Crippen MR) is 69.5 cm³/mol. The third-order valence-corrected chi connectivity index (χ3v) is 4.87. The second kappa shape index (κ2) is 5.06. The van der Waals surface area contributed by atoms with Crippen LogP contribution in [0.3, 0.4) is 0 Å². The quantitative estimate of drug-likeness (QED) is 0.735. The second-order valence-corrected chi connectivity index (χ2v) is 6.26. The van der Waals surface area contributed by atoms with Crippen molar-refractivity contribution in [3.63, 3.8) is 0 Å². The van der Waals surface area contributed by atoms with Crippen LogP contribution in [0.25, 0.3) is 0 Å². The minimum Gasteiger partial charge on any atom is -0.466 e. The number of hydrogen-bond acceptors (Lipinski definition) is 4. The van der Waals surface area contributed by atoms with Gasteiger partial charge in [0.2, 0.25) is 0 Å². The number of hydrogen-bond donors (Lipinski definition) is 0. The molecular weight excluding hydrogens is 244 g/mol. The summed E-state index contributed by atoms with van der Waals surface area (Å²) in [5.74, 6) is 0.359. The van der Waals surface area contributed by atoms with E-state index in [1.807, 2.05) is 6.92 Å². The van der Waals surface area contributed by atoms with Crippen molar-refractivity contribution in [1.29, 1.82) is 0 Å². The van der Waals surface area contributed by atoms with Crippen LogP contribution in [0.2, 0.25) is 0 Å². The topological polar surface area (TPSA) is 44.8 Å². The van der Waals surface area contributed by atoms with E-state index in [1.165, 1.54) is 12.8 Å². The van der Waals surface area contributed by atoms with Gasteiger partial charge in [-0.3, -0.25) is 4.79 Å². The van der Waals surface area contributed by atoms with Gasteiger partial charge in [0.15, 0.2) is 5.79 Å². The molecule has 0 aromatic carbocycles. The molecular formula is C15H24O4. The monoisotopic (exact) mass is 268 g/mol. The van der Waals surface area contributed by atoms with Crippen LogP contribution < -0.4 is 0 Å². The summed E-state index contributed by atoms with van der Waals surface area (Å²) in [6.45, 7) is 3.74. The van der Waals surface area contributed by atoms with Gasteiger partial charge in [-0.2, -0.15) is 0 Å². The number of rotatable bonds is 4. The molecule has 0 amide bonds. The zero-order valence-corrected chi connectivity index (χ0v) is 11.8. The van der Waals surface area contributed by atoms with Crippen LogP contribution in [-0.4, -0.2) is 31.6 Å². The highest BCUT2D eigenvalue weighted by atomic mass is 16.7. The lowest BCUT2D eigenvalue weighted by Gasteiger charge is -2.42. The van der Waals surface area contributed by atoms with E-state index in [1.54, 1.807) is 0 Å². The molecule has 1 heterocycles. The molecule has 0 aromatic rings. The van der Waals surface area contributed by atoms with Crippen LogP contribution in [-0.2, 0) is 19.0 Å². The van der Waals surface area contributed by atoms with E-state index in [4.69, 9.17) is 14.2 Å². The van der Waals surface area contributed by atoms with E-state index in [-0.39, 0.29) is 17.2 Å². The molecule has 0 bridgehead atoms. The van der Waals surface area contributed by atoms with Crippen molar-refractivity contribution in [2.24, 2.45) is 11.3 Å². The smallest absolute Gasteiger partial charge is 0.312 e. The van der Waals surface area contributed by atoms with Crippen LogP contribution >= 0.6 is 0 Å². The molecule has 2 aliphatic carbocycles. The normalized spacial score (nSPS) is 28.5. The van der Waals surface area contributed by atoms with Gasteiger partial charge in [-0.1, -0.05) is 12.8 Å². The van der Waals surface area contributed by atoms with Gasteiger partial charge in [0.25, 0.3) is 0 Å². The molecule has 3 rings (SSSR count). The summed E-state index contributed by atoms with van der Waals surface area (Å²) in [4.78, 5) is 12.4. The highest BCUT2D eigenvalue weighted by Gasteiger charge is 2.52. The zero-order valence-electron chi connectivity index (χ0n) is 11.8. The van der Waals surface area contributed by atoms with E-state index in [9.17, 15) is 4.79 Å². The van der Waals surface area contributed by atoms with E-state index in [0.29, 0.717) is 19.8 Å². The standard InChI is InChI=1S/C15H24O4/c1-2-17-13(16)14(11-12-3-4-12)5-7-15(8-6-14)18-9-10-19-15/h12H,2-11H2,1H3. The minimum atomic E-state index is -0.389. The van der Waals surface area contributed by atoms with Gasteiger partial charge in [0.05, 0.1) is 25.2 Å². The summed E-state index contributed by atoms with van der Waals surface area (Å²) in [7, 11) is 0. The Morgan fingerprint density at radius 1 is 1.16 bits per heavy atom.